The lowest BCUT2D eigenvalue weighted by Crippen LogP contribution is -2.52. The molecule has 2 fully saturated rings. The van der Waals surface area contributed by atoms with E-state index in [4.69, 9.17) is 4.74 Å². The van der Waals surface area contributed by atoms with Crippen LogP contribution in [0.2, 0.25) is 0 Å². The van der Waals surface area contributed by atoms with Crippen LogP contribution in [0.4, 0.5) is 5.69 Å². The maximum atomic E-state index is 5.55. The number of nitrogens with one attached hydrogen (secondary N) is 1. The Bertz CT molecular complexity index is 425. The third-order valence-electron chi connectivity index (χ3n) is 4.71. The van der Waals surface area contributed by atoms with Crippen LogP contribution < -0.4 is 10.2 Å². The molecule has 2 saturated heterocycles. The molecule has 0 unspecified atom stereocenters. The minimum Gasteiger partial charge on any atom is -0.380 e. The van der Waals surface area contributed by atoms with Crippen molar-refractivity contribution in [1.29, 1.82) is 0 Å². The van der Waals surface area contributed by atoms with Gasteiger partial charge in [0.25, 0.3) is 0 Å². The summed E-state index contributed by atoms with van der Waals surface area (Å²) >= 11 is 0. The van der Waals surface area contributed by atoms with Crippen LogP contribution in [0.3, 0.4) is 0 Å². The minimum absolute atomic E-state index is 0.537. The SMILES string of the molecule is C[C@@H](CN1CCN(c2ccccc2)CC1)N[C@@H]1CCCOC1. The van der Waals surface area contributed by atoms with Crippen LogP contribution >= 0.6 is 0 Å². The van der Waals surface area contributed by atoms with E-state index in [9.17, 15) is 0 Å². The van der Waals surface area contributed by atoms with E-state index in [1.807, 2.05) is 0 Å². The predicted molar refractivity (Wildman–Crippen MR) is 91.5 cm³/mol. The minimum atomic E-state index is 0.537. The summed E-state index contributed by atoms with van der Waals surface area (Å²) in [6.45, 7) is 9.83. The fourth-order valence-corrected chi connectivity index (χ4v) is 3.54. The second-order valence-corrected chi connectivity index (χ2v) is 6.60. The van der Waals surface area contributed by atoms with Crippen molar-refractivity contribution in [3.05, 3.63) is 30.3 Å². The molecule has 0 amide bonds. The van der Waals surface area contributed by atoms with Gasteiger partial charge in [-0.05, 0) is 31.9 Å². The lowest BCUT2D eigenvalue weighted by atomic mass is 10.1. The molecule has 0 aromatic heterocycles. The van der Waals surface area contributed by atoms with Crippen molar-refractivity contribution in [2.45, 2.75) is 31.8 Å². The van der Waals surface area contributed by atoms with Gasteiger partial charge < -0.3 is 15.0 Å². The molecule has 0 radical (unpaired) electrons. The van der Waals surface area contributed by atoms with Crippen molar-refractivity contribution >= 4 is 5.69 Å². The Hall–Kier alpha value is -1.10. The first-order valence-electron chi connectivity index (χ1n) is 8.67. The molecule has 2 heterocycles. The number of rotatable bonds is 5. The molecule has 0 saturated carbocycles. The van der Waals surface area contributed by atoms with Crippen LogP contribution in [0.1, 0.15) is 19.8 Å². The number of piperazine rings is 1. The quantitative estimate of drug-likeness (QED) is 0.900. The molecule has 122 valence electrons. The third-order valence-corrected chi connectivity index (χ3v) is 4.71. The topological polar surface area (TPSA) is 27.7 Å². The van der Waals surface area contributed by atoms with Gasteiger partial charge >= 0.3 is 0 Å². The van der Waals surface area contributed by atoms with Gasteiger partial charge in [0.2, 0.25) is 0 Å². The summed E-state index contributed by atoms with van der Waals surface area (Å²) in [6.07, 6.45) is 2.45. The molecule has 3 rings (SSSR count). The largest absolute Gasteiger partial charge is 0.380 e. The van der Waals surface area contributed by atoms with Crippen LogP contribution in [0.15, 0.2) is 30.3 Å². The lowest BCUT2D eigenvalue weighted by molar-refractivity contribution is 0.0647. The lowest BCUT2D eigenvalue weighted by Gasteiger charge is -2.38. The van der Waals surface area contributed by atoms with Gasteiger partial charge in [-0.3, -0.25) is 4.90 Å². The number of nitrogens with zero attached hydrogens (tertiary/aromatic N) is 2. The van der Waals surface area contributed by atoms with E-state index in [2.05, 4.69) is 52.4 Å². The molecular weight excluding hydrogens is 274 g/mol. The molecule has 22 heavy (non-hydrogen) atoms. The van der Waals surface area contributed by atoms with E-state index < -0.39 is 0 Å². The van der Waals surface area contributed by atoms with Gasteiger partial charge in [0.05, 0.1) is 6.61 Å². The molecular formula is C18H29N3O. The van der Waals surface area contributed by atoms with Crippen molar-refractivity contribution in [3.8, 4) is 0 Å². The van der Waals surface area contributed by atoms with Gasteiger partial charge in [0.1, 0.15) is 0 Å². The standard InChI is InChI=1S/C18H29N3O/c1-16(19-17-6-5-13-22-15-17)14-20-9-11-21(12-10-20)18-7-3-2-4-8-18/h2-4,7-8,16-17,19H,5-6,9-15H2,1H3/t16-,17+/m0/s1. The molecule has 2 aliphatic heterocycles. The van der Waals surface area contributed by atoms with Crippen LogP contribution in [-0.4, -0.2) is 62.9 Å². The zero-order valence-corrected chi connectivity index (χ0v) is 13.7. The van der Waals surface area contributed by atoms with E-state index >= 15 is 0 Å². The van der Waals surface area contributed by atoms with Crippen LogP contribution in [0.5, 0.6) is 0 Å². The van der Waals surface area contributed by atoms with Gasteiger partial charge in [-0.1, -0.05) is 18.2 Å². The van der Waals surface area contributed by atoms with Crippen LogP contribution in [0.25, 0.3) is 0 Å². The Morgan fingerprint density at radius 3 is 2.64 bits per heavy atom. The normalized spacial score (nSPS) is 25.1. The average Bonchev–Trinajstić information content (AvgIpc) is 2.57. The van der Waals surface area contributed by atoms with Crippen molar-refractivity contribution in [2.75, 3.05) is 50.8 Å². The fourth-order valence-electron chi connectivity index (χ4n) is 3.54. The average molecular weight is 303 g/mol. The van der Waals surface area contributed by atoms with Crippen LogP contribution in [0, 0.1) is 0 Å². The Balaban J connectivity index is 1.39. The molecule has 2 atom stereocenters. The number of hydrogen-bond acceptors (Lipinski definition) is 4. The number of para-hydroxylation sites is 1. The maximum Gasteiger partial charge on any atom is 0.0619 e. The Morgan fingerprint density at radius 1 is 1.18 bits per heavy atom. The third kappa shape index (κ3) is 4.45. The van der Waals surface area contributed by atoms with Crippen molar-refractivity contribution < 1.29 is 4.74 Å². The van der Waals surface area contributed by atoms with E-state index in [0.717, 1.165) is 45.9 Å². The summed E-state index contributed by atoms with van der Waals surface area (Å²) in [4.78, 5) is 5.07. The first-order chi connectivity index (χ1) is 10.8. The zero-order valence-electron chi connectivity index (χ0n) is 13.7. The Labute approximate surface area is 134 Å². The number of ether oxygens (including phenoxy) is 1. The number of hydrogen-bond donors (Lipinski definition) is 1. The summed E-state index contributed by atoms with van der Waals surface area (Å²) in [5.41, 5.74) is 1.35. The van der Waals surface area contributed by atoms with Gasteiger partial charge in [-0.15, -0.1) is 0 Å². The predicted octanol–water partition coefficient (Wildman–Crippen LogP) is 1.97. The summed E-state index contributed by atoms with van der Waals surface area (Å²) in [6, 6.07) is 11.8. The molecule has 1 N–H and O–H groups in total. The van der Waals surface area contributed by atoms with E-state index in [0.29, 0.717) is 12.1 Å². The van der Waals surface area contributed by atoms with Gasteiger partial charge in [0, 0.05) is 57.1 Å². The van der Waals surface area contributed by atoms with E-state index in [1.54, 1.807) is 0 Å². The smallest absolute Gasteiger partial charge is 0.0619 e. The second-order valence-electron chi connectivity index (χ2n) is 6.60. The molecule has 2 aliphatic rings. The molecule has 1 aromatic rings. The Kier molecular flexibility index (Phi) is 5.70. The van der Waals surface area contributed by atoms with Gasteiger partial charge in [-0.25, -0.2) is 0 Å². The summed E-state index contributed by atoms with van der Waals surface area (Å²) < 4.78 is 5.55. The first kappa shape index (κ1) is 15.8. The van der Waals surface area contributed by atoms with Crippen molar-refractivity contribution in [3.63, 3.8) is 0 Å². The summed E-state index contributed by atoms with van der Waals surface area (Å²) in [7, 11) is 0. The molecule has 0 aliphatic carbocycles. The van der Waals surface area contributed by atoms with E-state index in [1.165, 1.54) is 18.5 Å². The second kappa shape index (κ2) is 7.95. The zero-order chi connectivity index (χ0) is 15.2. The fraction of sp³-hybridized carbons (Fsp3) is 0.667. The van der Waals surface area contributed by atoms with Gasteiger partial charge in [0.15, 0.2) is 0 Å². The first-order valence-corrected chi connectivity index (χ1v) is 8.67. The van der Waals surface area contributed by atoms with Crippen molar-refractivity contribution in [2.24, 2.45) is 0 Å². The summed E-state index contributed by atoms with van der Waals surface area (Å²) in [5, 5.41) is 3.73. The molecule has 0 bridgehead atoms. The highest BCUT2D eigenvalue weighted by Gasteiger charge is 2.21. The van der Waals surface area contributed by atoms with Crippen molar-refractivity contribution in [1.82, 2.24) is 10.2 Å². The maximum absolute atomic E-state index is 5.55. The number of benzene rings is 1. The summed E-state index contributed by atoms with van der Waals surface area (Å²) in [5.74, 6) is 0. The Morgan fingerprint density at radius 2 is 1.95 bits per heavy atom. The number of anilines is 1. The van der Waals surface area contributed by atoms with E-state index in [-0.39, 0.29) is 0 Å². The highest BCUT2D eigenvalue weighted by Crippen LogP contribution is 2.15. The highest BCUT2D eigenvalue weighted by atomic mass is 16.5. The van der Waals surface area contributed by atoms with Crippen LogP contribution in [-0.2, 0) is 4.74 Å². The van der Waals surface area contributed by atoms with Gasteiger partial charge in [-0.2, -0.15) is 0 Å². The monoisotopic (exact) mass is 303 g/mol. The highest BCUT2D eigenvalue weighted by molar-refractivity contribution is 5.46. The molecule has 4 nitrogen and oxygen atoms in total. The molecule has 4 heteroatoms. The molecule has 0 spiro atoms. The molecule has 1 aromatic carbocycles.